The van der Waals surface area contributed by atoms with Crippen molar-refractivity contribution in [2.45, 2.75) is 39.2 Å². The molecule has 1 fully saturated rings. The lowest BCUT2D eigenvalue weighted by atomic mass is 10.0. The van der Waals surface area contributed by atoms with E-state index < -0.39 is 9.84 Å². The van der Waals surface area contributed by atoms with Gasteiger partial charge in [0.15, 0.2) is 16.4 Å². The quantitative estimate of drug-likeness (QED) is 0.797. The molecule has 1 saturated heterocycles. The Morgan fingerprint density at radius 3 is 2.43 bits per heavy atom. The lowest BCUT2D eigenvalue weighted by molar-refractivity contribution is -0.135. The van der Waals surface area contributed by atoms with Crippen LogP contribution in [0.1, 0.15) is 38.7 Å². The number of sulfone groups is 1. The highest BCUT2D eigenvalue weighted by molar-refractivity contribution is 7.91. The number of hydrogen-bond donors (Lipinski definition) is 0. The second kappa shape index (κ2) is 7.34. The molecule has 1 amide bonds. The number of likely N-dealkylation sites (N-methyl/N-ethyl adjacent to an activating group) is 1. The normalized spacial score (nSPS) is 19.7. The second-order valence-electron chi connectivity index (χ2n) is 6.25. The molecule has 1 unspecified atom stereocenters. The van der Waals surface area contributed by atoms with Gasteiger partial charge in [-0.25, -0.2) is 8.42 Å². The number of benzene rings is 1. The molecule has 0 aliphatic carbocycles. The molecule has 0 bridgehead atoms. The molecule has 0 spiro atoms. The van der Waals surface area contributed by atoms with Crippen LogP contribution in [0.4, 0.5) is 0 Å². The lowest BCUT2D eigenvalue weighted by Gasteiger charge is -2.26. The summed E-state index contributed by atoms with van der Waals surface area (Å²) in [5.74, 6) is 1.17. The Bertz CT molecular complexity index is 637. The first-order valence-electron chi connectivity index (χ1n) is 8.05. The van der Waals surface area contributed by atoms with Gasteiger partial charge in [0.1, 0.15) is 5.75 Å². The molecule has 0 saturated carbocycles. The Hall–Kier alpha value is -1.56. The topological polar surface area (TPSA) is 63.7 Å². The van der Waals surface area contributed by atoms with Crippen LogP contribution in [0.15, 0.2) is 24.3 Å². The molecule has 5 nitrogen and oxygen atoms in total. The van der Waals surface area contributed by atoms with Crippen LogP contribution in [0, 0.1) is 0 Å². The summed E-state index contributed by atoms with van der Waals surface area (Å²) in [6, 6.07) is 7.49. The van der Waals surface area contributed by atoms with Crippen LogP contribution in [0.3, 0.4) is 0 Å². The van der Waals surface area contributed by atoms with Crippen molar-refractivity contribution in [2.24, 2.45) is 0 Å². The van der Waals surface area contributed by atoms with Crippen LogP contribution in [-0.2, 0) is 14.6 Å². The van der Waals surface area contributed by atoms with Crippen LogP contribution in [0.5, 0.6) is 5.75 Å². The molecule has 0 aromatic heterocycles. The summed E-state index contributed by atoms with van der Waals surface area (Å²) in [7, 11) is -3.00. The Balaban J connectivity index is 1.92. The Kier molecular flexibility index (Phi) is 5.68. The summed E-state index contributed by atoms with van der Waals surface area (Å²) in [6.07, 6.45) is 0.519. The zero-order chi connectivity index (χ0) is 17.0. The SMILES string of the molecule is CCN(C(=O)COc1ccc(C(C)C)cc1)C1CCS(=O)(=O)C1. The number of amides is 1. The minimum Gasteiger partial charge on any atom is -0.484 e. The molecule has 0 N–H and O–H groups in total. The van der Waals surface area contributed by atoms with Crippen LogP contribution in [0.25, 0.3) is 0 Å². The van der Waals surface area contributed by atoms with Gasteiger partial charge in [0.25, 0.3) is 5.91 Å². The Labute approximate surface area is 138 Å². The average molecular weight is 339 g/mol. The van der Waals surface area contributed by atoms with Gasteiger partial charge in [-0.15, -0.1) is 0 Å². The number of nitrogens with zero attached hydrogens (tertiary/aromatic N) is 1. The predicted octanol–water partition coefficient (Wildman–Crippen LogP) is 2.22. The summed E-state index contributed by atoms with van der Waals surface area (Å²) in [6.45, 7) is 6.53. The molecule has 2 rings (SSSR count). The van der Waals surface area contributed by atoms with Gasteiger partial charge in [0.2, 0.25) is 0 Å². The highest BCUT2D eigenvalue weighted by Crippen LogP contribution is 2.20. The molecule has 1 aromatic carbocycles. The maximum Gasteiger partial charge on any atom is 0.260 e. The summed E-state index contributed by atoms with van der Waals surface area (Å²) in [4.78, 5) is 13.9. The summed E-state index contributed by atoms with van der Waals surface area (Å²) >= 11 is 0. The van der Waals surface area contributed by atoms with E-state index in [0.29, 0.717) is 24.6 Å². The van der Waals surface area contributed by atoms with E-state index in [9.17, 15) is 13.2 Å². The van der Waals surface area contributed by atoms with Gasteiger partial charge in [-0.1, -0.05) is 26.0 Å². The van der Waals surface area contributed by atoms with Gasteiger partial charge < -0.3 is 9.64 Å². The first kappa shape index (κ1) is 17.8. The van der Waals surface area contributed by atoms with Crippen molar-refractivity contribution in [3.63, 3.8) is 0 Å². The van der Waals surface area contributed by atoms with E-state index in [0.717, 1.165) is 0 Å². The summed E-state index contributed by atoms with van der Waals surface area (Å²) in [5, 5.41) is 0. The highest BCUT2D eigenvalue weighted by Gasteiger charge is 2.33. The number of carbonyl (C=O) groups excluding carboxylic acids is 1. The molecule has 6 heteroatoms. The lowest BCUT2D eigenvalue weighted by Crippen LogP contribution is -2.43. The van der Waals surface area contributed by atoms with Gasteiger partial charge in [-0.2, -0.15) is 0 Å². The molecule has 1 heterocycles. The molecule has 1 aromatic rings. The maximum atomic E-state index is 12.3. The first-order chi connectivity index (χ1) is 10.8. The predicted molar refractivity (Wildman–Crippen MR) is 90.5 cm³/mol. The van der Waals surface area contributed by atoms with Crippen molar-refractivity contribution in [2.75, 3.05) is 24.7 Å². The van der Waals surface area contributed by atoms with Gasteiger partial charge >= 0.3 is 0 Å². The van der Waals surface area contributed by atoms with Crippen molar-refractivity contribution >= 4 is 15.7 Å². The molecule has 128 valence electrons. The van der Waals surface area contributed by atoms with Gasteiger partial charge in [0.05, 0.1) is 11.5 Å². The van der Waals surface area contributed by atoms with Crippen molar-refractivity contribution < 1.29 is 17.9 Å². The van der Waals surface area contributed by atoms with Crippen molar-refractivity contribution in [1.82, 2.24) is 4.90 Å². The van der Waals surface area contributed by atoms with E-state index in [1.165, 1.54) is 5.56 Å². The van der Waals surface area contributed by atoms with E-state index >= 15 is 0 Å². The third-order valence-corrected chi connectivity index (χ3v) is 5.97. The number of hydrogen-bond acceptors (Lipinski definition) is 4. The molecule has 1 atom stereocenters. The van der Waals surface area contributed by atoms with E-state index in [1.54, 1.807) is 4.90 Å². The van der Waals surface area contributed by atoms with Crippen LogP contribution < -0.4 is 4.74 Å². The molecule has 1 aliphatic rings. The Morgan fingerprint density at radius 2 is 1.96 bits per heavy atom. The third-order valence-electron chi connectivity index (χ3n) is 4.22. The second-order valence-corrected chi connectivity index (χ2v) is 8.48. The average Bonchev–Trinajstić information content (AvgIpc) is 2.86. The minimum absolute atomic E-state index is 0.0641. The highest BCUT2D eigenvalue weighted by atomic mass is 32.2. The van der Waals surface area contributed by atoms with Crippen molar-refractivity contribution in [1.29, 1.82) is 0 Å². The summed E-state index contributed by atoms with van der Waals surface area (Å²) < 4.78 is 28.7. The largest absolute Gasteiger partial charge is 0.484 e. The fourth-order valence-electron chi connectivity index (χ4n) is 2.84. The molecule has 1 aliphatic heterocycles. The third kappa shape index (κ3) is 4.70. The van der Waals surface area contributed by atoms with Gasteiger partial charge in [-0.3, -0.25) is 4.79 Å². The van der Waals surface area contributed by atoms with Crippen molar-refractivity contribution in [3.05, 3.63) is 29.8 Å². The van der Waals surface area contributed by atoms with E-state index in [-0.39, 0.29) is 30.1 Å². The maximum absolute atomic E-state index is 12.3. The van der Waals surface area contributed by atoms with Crippen LogP contribution in [0.2, 0.25) is 0 Å². The van der Waals surface area contributed by atoms with Crippen LogP contribution in [-0.4, -0.2) is 49.9 Å². The van der Waals surface area contributed by atoms with E-state index in [4.69, 9.17) is 4.74 Å². The number of carbonyl (C=O) groups is 1. The van der Waals surface area contributed by atoms with Gasteiger partial charge in [-0.05, 0) is 37.0 Å². The minimum atomic E-state index is -3.00. The smallest absolute Gasteiger partial charge is 0.260 e. The molecular weight excluding hydrogens is 314 g/mol. The van der Waals surface area contributed by atoms with Crippen LogP contribution >= 0.6 is 0 Å². The monoisotopic (exact) mass is 339 g/mol. The number of rotatable bonds is 6. The fourth-order valence-corrected chi connectivity index (χ4v) is 4.57. The molecule has 0 radical (unpaired) electrons. The zero-order valence-corrected chi connectivity index (χ0v) is 14.8. The molecule has 23 heavy (non-hydrogen) atoms. The Morgan fingerprint density at radius 1 is 1.30 bits per heavy atom. The van der Waals surface area contributed by atoms with Crippen molar-refractivity contribution in [3.8, 4) is 5.75 Å². The van der Waals surface area contributed by atoms with E-state index in [1.807, 2.05) is 31.2 Å². The zero-order valence-electron chi connectivity index (χ0n) is 14.0. The fraction of sp³-hybridized carbons (Fsp3) is 0.588. The van der Waals surface area contributed by atoms with E-state index in [2.05, 4.69) is 13.8 Å². The molecular formula is C17H25NO4S. The summed E-state index contributed by atoms with van der Waals surface area (Å²) in [5.41, 5.74) is 1.22. The first-order valence-corrected chi connectivity index (χ1v) is 9.87. The number of ether oxygens (including phenoxy) is 1. The standard InChI is InChI=1S/C17H25NO4S/c1-4-18(15-9-10-23(20,21)12-15)17(19)11-22-16-7-5-14(6-8-16)13(2)3/h5-8,13,15H,4,9-12H2,1-3H3. The van der Waals surface area contributed by atoms with Gasteiger partial charge in [0, 0.05) is 12.6 Å².